The van der Waals surface area contributed by atoms with Gasteiger partial charge in [0.15, 0.2) is 15.8 Å². The molecule has 22 heavy (non-hydrogen) atoms. The number of hydrogen-bond acceptors (Lipinski definition) is 3. The zero-order chi connectivity index (χ0) is 16.2. The van der Waals surface area contributed by atoms with E-state index < -0.39 is 9.84 Å². The Morgan fingerprint density at radius 1 is 1.36 bits per heavy atom. The number of likely N-dealkylation sites (tertiary alicyclic amines) is 1. The smallest absolute Gasteiger partial charge is 0.191 e. The summed E-state index contributed by atoms with van der Waals surface area (Å²) >= 11 is 0. The molecule has 1 atom stereocenters. The molecule has 1 heterocycles. The second-order valence-corrected chi connectivity index (χ2v) is 8.35. The maximum Gasteiger partial charge on any atom is 0.191 e. The number of benzene rings is 1. The van der Waals surface area contributed by atoms with Crippen LogP contribution in [0, 0.1) is 5.92 Å². The first-order valence-electron chi connectivity index (χ1n) is 7.64. The molecule has 5 nitrogen and oxygen atoms in total. The zero-order valence-electron chi connectivity index (χ0n) is 13.3. The van der Waals surface area contributed by atoms with Crippen LogP contribution < -0.4 is 5.73 Å². The fraction of sp³-hybridized carbons (Fsp3) is 0.562. The molecule has 2 rings (SSSR count). The highest BCUT2D eigenvalue weighted by molar-refractivity contribution is 7.89. The minimum Gasteiger partial charge on any atom is -0.370 e. The lowest BCUT2D eigenvalue weighted by atomic mass is 10.0. The lowest BCUT2D eigenvalue weighted by molar-refractivity contribution is 0.270. The van der Waals surface area contributed by atoms with Crippen LogP contribution in [-0.4, -0.2) is 38.6 Å². The molecule has 0 aliphatic carbocycles. The van der Waals surface area contributed by atoms with Crippen LogP contribution in [0.15, 0.2) is 29.3 Å². The second kappa shape index (κ2) is 7.13. The Bertz CT molecular complexity index is 641. The van der Waals surface area contributed by atoms with Gasteiger partial charge in [-0.2, -0.15) is 0 Å². The van der Waals surface area contributed by atoms with Gasteiger partial charge in [-0.05, 0) is 29.9 Å². The van der Waals surface area contributed by atoms with Crippen molar-refractivity contribution in [2.45, 2.75) is 32.1 Å². The highest BCUT2D eigenvalue weighted by Gasteiger charge is 2.17. The van der Waals surface area contributed by atoms with Gasteiger partial charge >= 0.3 is 0 Å². The molecule has 2 N–H and O–H groups in total. The summed E-state index contributed by atoms with van der Waals surface area (Å²) in [6.07, 6.45) is 3.62. The van der Waals surface area contributed by atoms with Crippen molar-refractivity contribution in [2.24, 2.45) is 16.6 Å². The van der Waals surface area contributed by atoms with Gasteiger partial charge in [0, 0.05) is 19.3 Å². The first-order chi connectivity index (χ1) is 10.3. The molecule has 1 unspecified atom stereocenters. The quantitative estimate of drug-likeness (QED) is 0.677. The number of rotatable bonds is 4. The number of piperidine rings is 1. The summed E-state index contributed by atoms with van der Waals surface area (Å²) in [6.45, 7) is 4.54. The Hall–Kier alpha value is -1.56. The first-order valence-corrected chi connectivity index (χ1v) is 9.70. The Kier molecular flexibility index (Phi) is 5.45. The largest absolute Gasteiger partial charge is 0.370 e. The highest BCUT2D eigenvalue weighted by Crippen LogP contribution is 2.16. The molecule has 0 bridgehead atoms. The zero-order valence-corrected chi connectivity index (χ0v) is 14.1. The number of sulfone groups is 1. The third kappa shape index (κ3) is 5.02. The van der Waals surface area contributed by atoms with Gasteiger partial charge in [-0.25, -0.2) is 13.4 Å². The van der Waals surface area contributed by atoms with E-state index in [0.717, 1.165) is 30.6 Å². The summed E-state index contributed by atoms with van der Waals surface area (Å²) in [7, 11) is -3.06. The molecular weight excluding hydrogens is 298 g/mol. The predicted octanol–water partition coefficient (Wildman–Crippen LogP) is 1.78. The van der Waals surface area contributed by atoms with E-state index in [4.69, 9.17) is 5.73 Å². The van der Waals surface area contributed by atoms with Crippen LogP contribution in [0.3, 0.4) is 0 Å². The van der Waals surface area contributed by atoms with Crippen molar-refractivity contribution in [1.29, 1.82) is 0 Å². The van der Waals surface area contributed by atoms with Crippen LogP contribution in [0.1, 0.15) is 30.9 Å². The predicted molar refractivity (Wildman–Crippen MR) is 90.3 cm³/mol. The van der Waals surface area contributed by atoms with E-state index in [1.165, 1.54) is 12.7 Å². The van der Waals surface area contributed by atoms with E-state index in [9.17, 15) is 8.42 Å². The van der Waals surface area contributed by atoms with Gasteiger partial charge in [0.05, 0.1) is 12.3 Å². The molecule has 0 amide bonds. The number of nitrogens with two attached hydrogens (primary N) is 1. The van der Waals surface area contributed by atoms with Crippen molar-refractivity contribution < 1.29 is 8.42 Å². The fourth-order valence-electron chi connectivity index (χ4n) is 2.80. The summed E-state index contributed by atoms with van der Waals surface area (Å²) in [5.74, 6) is 1.24. The summed E-state index contributed by atoms with van der Waals surface area (Å²) < 4.78 is 23.0. The van der Waals surface area contributed by atoms with Crippen molar-refractivity contribution in [2.75, 3.05) is 19.3 Å². The van der Waals surface area contributed by atoms with Gasteiger partial charge in [-0.1, -0.05) is 31.2 Å². The topological polar surface area (TPSA) is 75.8 Å². The summed E-state index contributed by atoms with van der Waals surface area (Å²) in [4.78, 5) is 6.59. The minimum absolute atomic E-state index is 0.0410. The molecule has 0 aromatic heterocycles. The average Bonchev–Trinajstić information content (AvgIpc) is 2.44. The van der Waals surface area contributed by atoms with Crippen LogP contribution in [0.5, 0.6) is 0 Å². The molecule has 1 aromatic rings. The van der Waals surface area contributed by atoms with Gasteiger partial charge in [-0.15, -0.1) is 0 Å². The van der Waals surface area contributed by atoms with Gasteiger partial charge in [0.1, 0.15) is 0 Å². The number of nitrogens with zero attached hydrogens (tertiary/aromatic N) is 2. The highest BCUT2D eigenvalue weighted by atomic mass is 32.2. The normalized spacial score (nSPS) is 20.2. The number of guanidine groups is 1. The molecule has 1 aliphatic rings. The molecule has 1 aromatic carbocycles. The van der Waals surface area contributed by atoms with E-state index >= 15 is 0 Å². The molecule has 0 radical (unpaired) electrons. The fourth-order valence-corrected chi connectivity index (χ4v) is 3.65. The third-order valence-corrected chi connectivity index (χ3v) is 4.76. The van der Waals surface area contributed by atoms with Crippen LogP contribution in [0.4, 0.5) is 0 Å². The van der Waals surface area contributed by atoms with Gasteiger partial charge in [0.2, 0.25) is 0 Å². The maximum atomic E-state index is 11.5. The molecular formula is C16H25N3O2S. The van der Waals surface area contributed by atoms with E-state index in [-0.39, 0.29) is 5.75 Å². The van der Waals surface area contributed by atoms with Crippen LogP contribution in [0.25, 0.3) is 0 Å². The van der Waals surface area contributed by atoms with Crippen molar-refractivity contribution in [3.05, 3.63) is 35.4 Å². The third-order valence-electron chi connectivity index (χ3n) is 3.93. The van der Waals surface area contributed by atoms with Crippen molar-refractivity contribution in [3.63, 3.8) is 0 Å². The Morgan fingerprint density at radius 3 is 2.68 bits per heavy atom. The van der Waals surface area contributed by atoms with Crippen molar-refractivity contribution >= 4 is 15.8 Å². The van der Waals surface area contributed by atoms with E-state index in [2.05, 4.69) is 16.8 Å². The van der Waals surface area contributed by atoms with Crippen LogP contribution in [-0.2, 0) is 22.1 Å². The lowest BCUT2D eigenvalue weighted by Gasteiger charge is -2.31. The molecule has 0 spiro atoms. The molecule has 122 valence electrons. The van der Waals surface area contributed by atoms with Gasteiger partial charge in [-0.3, -0.25) is 0 Å². The van der Waals surface area contributed by atoms with Crippen molar-refractivity contribution in [3.8, 4) is 0 Å². The van der Waals surface area contributed by atoms with Crippen molar-refractivity contribution in [1.82, 2.24) is 4.90 Å². The standard InChI is InChI=1S/C16H25N3O2S/c1-13-6-5-9-19(11-13)16(17)18-10-14-7-3-4-8-15(14)12-22(2,20)21/h3-4,7-8,13H,5-6,9-12H2,1-2H3,(H2,17,18). The SMILES string of the molecule is CC1CCCN(C(N)=NCc2ccccc2CS(C)(=O)=O)C1. The Morgan fingerprint density at radius 2 is 2.05 bits per heavy atom. The number of hydrogen-bond donors (Lipinski definition) is 1. The second-order valence-electron chi connectivity index (χ2n) is 6.21. The minimum atomic E-state index is -3.06. The van der Waals surface area contributed by atoms with Crippen LogP contribution >= 0.6 is 0 Å². The summed E-state index contributed by atoms with van der Waals surface area (Å²) in [6, 6.07) is 7.50. The summed E-state index contributed by atoms with van der Waals surface area (Å²) in [5.41, 5.74) is 7.81. The van der Waals surface area contributed by atoms with E-state index in [0.29, 0.717) is 18.4 Å². The molecule has 1 fully saturated rings. The van der Waals surface area contributed by atoms with Gasteiger partial charge in [0.25, 0.3) is 0 Å². The van der Waals surface area contributed by atoms with E-state index in [1.807, 2.05) is 24.3 Å². The van der Waals surface area contributed by atoms with Crippen LogP contribution in [0.2, 0.25) is 0 Å². The molecule has 6 heteroatoms. The van der Waals surface area contributed by atoms with E-state index in [1.54, 1.807) is 0 Å². The average molecular weight is 323 g/mol. The Balaban J connectivity index is 2.08. The monoisotopic (exact) mass is 323 g/mol. The molecule has 1 saturated heterocycles. The summed E-state index contributed by atoms with van der Waals surface area (Å²) in [5, 5.41) is 0. The molecule has 0 saturated carbocycles. The lowest BCUT2D eigenvalue weighted by Crippen LogP contribution is -2.43. The molecule has 1 aliphatic heterocycles. The van der Waals surface area contributed by atoms with Gasteiger partial charge < -0.3 is 10.6 Å². The number of aliphatic imine (C=N–C) groups is 1. The Labute approximate surface area is 133 Å². The first kappa shape index (κ1) is 16.8. The maximum absolute atomic E-state index is 11.5.